The molecule has 0 aliphatic carbocycles. The van der Waals surface area contributed by atoms with Crippen molar-refractivity contribution in [1.29, 1.82) is 0 Å². The molecule has 0 spiro atoms. The van der Waals surface area contributed by atoms with Gasteiger partial charge in [0.15, 0.2) is 0 Å². The molecule has 0 radical (unpaired) electrons. The minimum Gasteiger partial charge on any atom is -0.381 e. The summed E-state index contributed by atoms with van der Waals surface area (Å²) in [5, 5.41) is 6.46. The summed E-state index contributed by atoms with van der Waals surface area (Å²) in [5.41, 5.74) is 2.05. The number of benzene rings is 1. The van der Waals surface area contributed by atoms with E-state index in [0.29, 0.717) is 6.54 Å². The van der Waals surface area contributed by atoms with E-state index < -0.39 is 0 Å². The van der Waals surface area contributed by atoms with Crippen LogP contribution in [0.5, 0.6) is 0 Å². The Morgan fingerprint density at radius 2 is 2.00 bits per heavy atom. The quantitative estimate of drug-likeness (QED) is 0.718. The van der Waals surface area contributed by atoms with Gasteiger partial charge in [0.1, 0.15) is 6.04 Å². The summed E-state index contributed by atoms with van der Waals surface area (Å²) in [6.07, 6.45) is 0. The van der Waals surface area contributed by atoms with Crippen molar-refractivity contribution < 1.29 is 4.79 Å². The maximum absolute atomic E-state index is 11.7. The zero-order chi connectivity index (χ0) is 10.8. The van der Waals surface area contributed by atoms with Crippen molar-refractivity contribution in [3.8, 4) is 0 Å². The molecule has 4 heteroatoms. The molecule has 1 aliphatic heterocycles. The number of anilines is 2. The summed E-state index contributed by atoms with van der Waals surface area (Å²) in [6.45, 7) is 0.633. The zero-order valence-electron chi connectivity index (χ0n) is 8.95. The molecule has 1 heterocycles. The van der Waals surface area contributed by atoms with Gasteiger partial charge in [0.05, 0.1) is 11.4 Å². The van der Waals surface area contributed by atoms with Crippen LogP contribution in [0.4, 0.5) is 11.4 Å². The van der Waals surface area contributed by atoms with Crippen molar-refractivity contribution >= 4 is 17.3 Å². The fraction of sp³-hybridized carbons (Fsp3) is 0.364. The zero-order valence-corrected chi connectivity index (χ0v) is 8.95. The average Bonchev–Trinajstić information content (AvgIpc) is 2.27. The van der Waals surface area contributed by atoms with Gasteiger partial charge < -0.3 is 15.5 Å². The molecule has 0 fully saturated rings. The first-order valence-corrected chi connectivity index (χ1v) is 4.99. The standard InChI is InChI=1S/C11H15N3O/c1-14(2)11(15)10-7-12-8-5-3-4-6-9(8)13-10/h3-6,10,12-13H,7H2,1-2H3. The van der Waals surface area contributed by atoms with E-state index in [0.717, 1.165) is 11.4 Å². The van der Waals surface area contributed by atoms with Crippen molar-refractivity contribution in [3.63, 3.8) is 0 Å². The van der Waals surface area contributed by atoms with Gasteiger partial charge in [-0.05, 0) is 12.1 Å². The third kappa shape index (κ3) is 1.88. The van der Waals surface area contributed by atoms with Crippen LogP contribution in [-0.2, 0) is 4.79 Å². The highest BCUT2D eigenvalue weighted by Crippen LogP contribution is 2.25. The Morgan fingerprint density at radius 1 is 1.33 bits per heavy atom. The van der Waals surface area contributed by atoms with E-state index in [1.54, 1.807) is 19.0 Å². The van der Waals surface area contributed by atoms with E-state index in [-0.39, 0.29) is 11.9 Å². The van der Waals surface area contributed by atoms with Gasteiger partial charge in [-0.3, -0.25) is 4.79 Å². The first-order valence-electron chi connectivity index (χ1n) is 4.99. The van der Waals surface area contributed by atoms with Crippen LogP contribution in [0.3, 0.4) is 0 Å². The molecule has 1 aliphatic rings. The SMILES string of the molecule is CN(C)C(=O)C1CNc2ccccc2N1. The largest absolute Gasteiger partial charge is 0.381 e. The molecule has 0 aromatic heterocycles. The third-order valence-electron chi connectivity index (χ3n) is 2.49. The lowest BCUT2D eigenvalue weighted by Gasteiger charge is -2.29. The summed E-state index contributed by atoms with van der Waals surface area (Å²) in [6, 6.07) is 7.73. The number of hydrogen-bond donors (Lipinski definition) is 2. The Morgan fingerprint density at radius 3 is 2.67 bits per heavy atom. The second kappa shape index (κ2) is 3.81. The predicted octanol–water partition coefficient (Wildman–Crippen LogP) is 0.981. The van der Waals surface area contributed by atoms with Crippen molar-refractivity contribution in [2.45, 2.75) is 6.04 Å². The molecule has 2 N–H and O–H groups in total. The number of nitrogens with zero attached hydrogens (tertiary/aromatic N) is 1. The number of fused-ring (bicyclic) bond motifs is 1. The van der Waals surface area contributed by atoms with Gasteiger partial charge in [-0.25, -0.2) is 0 Å². The molecule has 1 aromatic carbocycles. The topological polar surface area (TPSA) is 44.4 Å². The lowest BCUT2D eigenvalue weighted by Crippen LogP contribution is -2.45. The lowest BCUT2D eigenvalue weighted by molar-refractivity contribution is -0.129. The highest BCUT2D eigenvalue weighted by Gasteiger charge is 2.24. The Kier molecular flexibility index (Phi) is 2.49. The van der Waals surface area contributed by atoms with Crippen LogP contribution in [0.1, 0.15) is 0 Å². The monoisotopic (exact) mass is 205 g/mol. The minimum absolute atomic E-state index is 0.0944. The first-order chi connectivity index (χ1) is 7.18. The van der Waals surface area contributed by atoms with Crippen molar-refractivity contribution in [1.82, 2.24) is 4.90 Å². The number of nitrogens with one attached hydrogen (secondary N) is 2. The molecule has 2 rings (SSSR count). The molecule has 0 bridgehead atoms. The summed E-state index contributed by atoms with van der Waals surface area (Å²) in [7, 11) is 3.54. The molecule has 15 heavy (non-hydrogen) atoms. The molecular formula is C11H15N3O. The van der Waals surface area contributed by atoms with Crippen LogP contribution in [0.15, 0.2) is 24.3 Å². The van der Waals surface area contributed by atoms with Crippen LogP contribution < -0.4 is 10.6 Å². The average molecular weight is 205 g/mol. The molecule has 0 saturated carbocycles. The highest BCUT2D eigenvalue weighted by atomic mass is 16.2. The van der Waals surface area contributed by atoms with E-state index in [1.807, 2.05) is 24.3 Å². The Bertz CT molecular complexity index is 376. The van der Waals surface area contributed by atoms with E-state index >= 15 is 0 Å². The van der Waals surface area contributed by atoms with E-state index in [2.05, 4.69) is 10.6 Å². The summed E-state index contributed by atoms with van der Waals surface area (Å²) >= 11 is 0. The number of carbonyl (C=O) groups is 1. The van der Waals surface area contributed by atoms with Gasteiger partial charge in [0.2, 0.25) is 5.91 Å². The van der Waals surface area contributed by atoms with E-state index in [1.165, 1.54) is 0 Å². The van der Waals surface area contributed by atoms with Crippen LogP contribution in [0, 0.1) is 0 Å². The Balaban J connectivity index is 2.15. The maximum atomic E-state index is 11.7. The number of rotatable bonds is 1. The van der Waals surface area contributed by atoms with Gasteiger partial charge in [0, 0.05) is 20.6 Å². The van der Waals surface area contributed by atoms with Crippen molar-refractivity contribution in [2.24, 2.45) is 0 Å². The molecule has 4 nitrogen and oxygen atoms in total. The lowest BCUT2D eigenvalue weighted by atomic mass is 10.1. The smallest absolute Gasteiger partial charge is 0.246 e. The predicted molar refractivity (Wildman–Crippen MR) is 61.0 cm³/mol. The number of carbonyl (C=O) groups excluding carboxylic acids is 1. The summed E-state index contributed by atoms with van der Waals surface area (Å²) in [4.78, 5) is 13.3. The second-order valence-corrected chi connectivity index (χ2v) is 3.86. The van der Waals surface area contributed by atoms with Crippen LogP contribution >= 0.6 is 0 Å². The fourth-order valence-corrected chi connectivity index (χ4v) is 1.67. The summed E-state index contributed by atoms with van der Waals surface area (Å²) in [5.74, 6) is 0.0944. The Labute approximate surface area is 89.3 Å². The van der Waals surface area contributed by atoms with Crippen LogP contribution in [0.2, 0.25) is 0 Å². The number of para-hydroxylation sites is 2. The fourth-order valence-electron chi connectivity index (χ4n) is 1.67. The van der Waals surface area contributed by atoms with Gasteiger partial charge in [-0.1, -0.05) is 12.1 Å². The molecule has 1 amide bonds. The number of amides is 1. The van der Waals surface area contributed by atoms with E-state index in [9.17, 15) is 4.79 Å². The molecular weight excluding hydrogens is 190 g/mol. The third-order valence-corrected chi connectivity index (χ3v) is 2.49. The molecule has 1 aromatic rings. The van der Waals surface area contributed by atoms with Crippen molar-refractivity contribution in [2.75, 3.05) is 31.3 Å². The van der Waals surface area contributed by atoms with Gasteiger partial charge in [-0.2, -0.15) is 0 Å². The van der Waals surface area contributed by atoms with Crippen LogP contribution in [0.25, 0.3) is 0 Å². The molecule has 1 atom stereocenters. The number of hydrogen-bond acceptors (Lipinski definition) is 3. The van der Waals surface area contributed by atoms with E-state index in [4.69, 9.17) is 0 Å². The van der Waals surface area contributed by atoms with Gasteiger partial charge >= 0.3 is 0 Å². The van der Waals surface area contributed by atoms with Crippen molar-refractivity contribution in [3.05, 3.63) is 24.3 Å². The minimum atomic E-state index is -0.171. The number of likely N-dealkylation sites (N-methyl/N-ethyl adjacent to an activating group) is 1. The van der Waals surface area contributed by atoms with Crippen LogP contribution in [-0.4, -0.2) is 37.5 Å². The normalized spacial score (nSPS) is 18.4. The van der Waals surface area contributed by atoms with Gasteiger partial charge in [0.25, 0.3) is 0 Å². The van der Waals surface area contributed by atoms with Gasteiger partial charge in [-0.15, -0.1) is 0 Å². The second-order valence-electron chi connectivity index (χ2n) is 3.86. The molecule has 0 saturated heterocycles. The molecule has 80 valence electrons. The Hall–Kier alpha value is -1.71. The molecule has 1 unspecified atom stereocenters. The maximum Gasteiger partial charge on any atom is 0.246 e. The first kappa shape index (κ1) is 9.83. The highest BCUT2D eigenvalue weighted by molar-refractivity contribution is 5.88. The summed E-state index contributed by atoms with van der Waals surface area (Å²) < 4.78 is 0.